The third-order valence-corrected chi connectivity index (χ3v) is 3.99. The second kappa shape index (κ2) is 6.26. The molecule has 1 aromatic rings. The zero-order chi connectivity index (χ0) is 15.5. The number of hydrogen-bond donors (Lipinski definition) is 3. The minimum atomic E-state index is -0.618. The third kappa shape index (κ3) is 3.81. The van der Waals surface area contributed by atoms with Crippen molar-refractivity contribution in [1.82, 2.24) is 15.1 Å². The second-order valence-corrected chi connectivity index (χ2v) is 5.92. The molecule has 0 aromatic carbocycles. The summed E-state index contributed by atoms with van der Waals surface area (Å²) in [5, 5.41) is 14.8. The summed E-state index contributed by atoms with van der Waals surface area (Å²) >= 11 is 0. The van der Waals surface area contributed by atoms with Crippen molar-refractivity contribution in [3.63, 3.8) is 0 Å². The van der Waals surface area contributed by atoms with Gasteiger partial charge < -0.3 is 10.4 Å². The molecule has 1 aromatic heterocycles. The van der Waals surface area contributed by atoms with Gasteiger partial charge in [0, 0.05) is 12.1 Å². The van der Waals surface area contributed by atoms with Crippen molar-refractivity contribution >= 4 is 5.91 Å². The Balaban J connectivity index is 2.08. The second-order valence-electron chi connectivity index (χ2n) is 5.92. The fourth-order valence-electron chi connectivity index (χ4n) is 3.02. The van der Waals surface area contributed by atoms with Crippen LogP contribution in [0.5, 0.6) is 0 Å². The number of rotatable bonds is 4. The maximum atomic E-state index is 12.1. The third-order valence-electron chi connectivity index (χ3n) is 3.99. The average molecular weight is 295 g/mol. The molecule has 7 nitrogen and oxygen atoms in total. The summed E-state index contributed by atoms with van der Waals surface area (Å²) in [6, 6.07) is 2.24. The topological polar surface area (TPSA) is 104 Å². The molecule has 1 aliphatic carbocycles. The van der Waals surface area contributed by atoms with Gasteiger partial charge in [-0.3, -0.25) is 19.5 Å². The van der Waals surface area contributed by atoms with Crippen molar-refractivity contribution in [2.24, 2.45) is 5.92 Å². The van der Waals surface area contributed by atoms with Gasteiger partial charge in [-0.15, -0.1) is 0 Å². The Morgan fingerprint density at radius 3 is 2.95 bits per heavy atom. The molecular formula is C14H21N3O4. The summed E-state index contributed by atoms with van der Waals surface area (Å²) in [7, 11) is 0. The molecule has 2 atom stereocenters. The van der Waals surface area contributed by atoms with Gasteiger partial charge in [0.1, 0.15) is 6.54 Å². The number of aliphatic hydroxyl groups excluding tert-OH is 1. The summed E-state index contributed by atoms with van der Waals surface area (Å²) in [5.41, 5.74) is -1.50. The summed E-state index contributed by atoms with van der Waals surface area (Å²) in [6.45, 7) is 1.71. The molecular weight excluding hydrogens is 274 g/mol. The first kappa shape index (κ1) is 15.5. The smallest absolute Gasteiger partial charge is 0.265 e. The Bertz CT molecular complexity index is 621. The van der Waals surface area contributed by atoms with E-state index in [9.17, 15) is 19.5 Å². The summed E-state index contributed by atoms with van der Waals surface area (Å²) in [6.07, 6.45) is 3.47. The Morgan fingerprint density at radius 1 is 1.52 bits per heavy atom. The zero-order valence-corrected chi connectivity index (χ0v) is 12.1. The van der Waals surface area contributed by atoms with E-state index in [0.29, 0.717) is 5.92 Å². The van der Waals surface area contributed by atoms with Crippen LogP contribution in [-0.2, 0) is 11.3 Å². The van der Waals surface area contributed by atoms with Crippen LogP contribution < -0.4 is 16.4 Å². The standard InChI is InChI=1S/C14H21N3O4/c1-10-3-2-6-14(7-10,9-18)15-12(20)8-17-13(21)5-4-11(19)16-17/h4-5,10,18H,2-3,6-9H2,1H3,(H,15,20)(H,16,19). The highest BCUT2D eigenvalue weighted by Gasteiger charge is 2.35. The van der Waals surface area contributed by atoms with E-state index in [1.807, 2.05) is 0 Å². The molecule has 1 amide bonds. The highest BCUT2D eigenvalue weighted by atomic mass is 16.3. The number of carbonyl (C=O) groups is 1. The van der Waals surface area contributed by atoms with Crippen LogP contribution in [0.15, 0.2) is 21.7 Å². The van der Waals surface area contributed by atoms with E-state index in [2.05, 4.69) is 17.3 Å². The van der Waals surface area contributed by atoms with E-state index >= 15 is 0 Å². The van der Waals surface area contributed by atoms with Gasteiger partial charge in [0.2, 0.25) is 5.91 Å². The van der Waals surface area contributed by atoms with Crippen molar-refractivity contribution in [3.8, 4) is 0 Å². The monoisotopic (exact) mass is 295 g/mol. The van der Waals surface area contributed by atoms with Crippen LogP contribution >= 0.6 is 0 Å². The molecule has 0 radical (unpaired) electrons. The van der Waals surface area contributed by atoms with Crippen LogP contribution in [-0.4, -0.2) is 32.9 Å². The van der Waals surface area contributed by atoms with Crippen molar-refractivity contribution in [2.45, 2.75) is 44.7 Å². The molecule has 0 saturated heterocycles. The van der Waals surface area contributed by atoms with Crippen LogP contribution in [0.2, 0.25) is 0 Å². The van der Waals surface area contributed by atoms with Gasteiger partial charge in [-0.25, -0.2) is 4.68 Å². The number of nitrogens with one attached hydrogen (secondary N) is 2. The van der Waals surface area contributed by atoms with Crippen LogP contribution in [0.1, 0.15) is 32.6 Å². The lowest BCUT2D eigenvalue weighted by atomic mass is 9.77. The predicted octanol–water partition coefficient (Wildman–Crippen LogP) is -0.406. The van der Waals surface area contributed by atoms with Crippen LogP contribution in [0.4, 0.5) is 0 Å². The van der Waals surface area contributed by atoms with E-state index in [4.69, 9.17) is 0 Å². The van der Waals surface area contributed by atoms with Gasteiger partial charge in [-0.05, 0) is 18.8 Å². The van der Waals surface area contributed by atoms with Crippen LogP contribution in [0.3, 0.4) is 0 Å². The van der Waals surface area contributed by atoms with E-state index in [-0.39, 0.29) is 19.1 Å². The number of aromatic nitrogens is 2. The lowest BCUT2D eigenvalue weighted by molar-refractivity contribution is -0.125. The van der Waals surface area contributed by atoms with Gasteiger partial charge in [0.25, 0.3) is 11.1 Å². The molecule has 116 valence electrons. The number of H-pyrrole nitrogens is 1. The van der Waals surface area contributed by atoms with Gasteiger partial charge >= 0.3 is 0 Å². The Hall–Kier alpha value is -1.89. The van der Waals surface area contributed by atoms with Crippen molar-refractivity contribution in [1.29, 1.82) is 0 Å². The molecule has 0 bridgehead atoms. The van der Waals surface area contributed by atoms with Gasteiger partial charge in [-0.2, -0.15) is 0 Å². The number of aromatic amines is 1. The van der Waals surface area contributed by atoms with E-state index in [1.165, 1.54) is 0 Å². The van der Waals surface area contributed by atoms with Crippen LogP contribution in [0, 0.1) is 5.92 Å². The van der Waals surface area contributed by atoms with Gasteiger partial charge in [0.15, 0.2) is 0 Å². The Morgan fingerprint density at radius 2 is 2.29 bits per heavy atom. The summed E-state index contributed by atoms with van der Waals surface area (Å²) in [4.78, 5) is 34.9. The summed E-state index contributed by atoms with van der Waals surface area (Å²) < 4.78 is 0.967. The van der Waals surface area contributed by atoms with E-state index in [1.54, 1.807) is 0 Å². The van der Waals surface area contributed by atoms with Crippen molar-refractivity contribution < 1.29 is 9.90 Å². The molecule has 7 heteroatoms. The predicted molar refractivity (Wildman–Crippen MR) is 76.9 cm³/mol. The van der Waals surface area contributed by atoms with Crippen molar-refractivity contribution in [3.05, 3.63) is 32.8 Å². The average Bonchev–Trinajstić information content (AvgIpc) is 2.43. The van der Waals surface area contributed by atoms with Gasteiger partial charge in [0.05, 0.1) is 12.1 Å². The molecule has 2 rings (SSSR count). The first-order valence-corrected chi connectivity index (χ1v) is 7.16. The number of aliphatic hydroxyl groups is 1. The molecule has 1 saturated carbocycles. The molecule has 1 fully saturated rings. The molecule has 1 aliphatic rings. The first-order valence-electron chi connectivity index (χ1n) is 7.16. The molecule has 0 aliphatic heterocycles. The fraction of sp³-hybridized carbons (Fsp3) is 0.643. The maximum Gasteiger partial charge on any atom is 0.265 e. The SMILES string of the molecule is CC1CCCC(CO)(NC(=O)Cn2[nH]c(=O)ccc2=O)C1. The first-order chi connectivity index (χ1) is 9.94. The Kier molecular flexibility index (Phi) is 4.62. The largest absolute Gasteiger partial charge is 0.394 e. The lowest BCUT2D eigenvalue weighted by Gasteiger charge is -2.39. The highest BCUT2D eigenvalue weighted by Crippen LogP contribution is 2.31. The number of nitrogens with zero attached hydrogens (tertiary/aromatic N) is 1. The minimum Gasteiger partial charge on any atom is -0.394 e. The van der Waals surface area contributed by atoms with Crippen molar-refractivity contribution in [2.75, 3.05) is 6.61 Å². The number of carbonyl (C=O) groups excluding carboxylic acids is 1. The molecule has 21 heavy (non-hydrogen) atoms. The highest BCUT2D eigenvalue weighted by molar-refractivity contribution is 5.76. The van der Waals surface area contributed by atoms with Gasteiger partial charge in [-0.1, -0.05) is 19.8 Å². The zero-order valence-electron chi connectivity index (χ0n) is 12.1. The number of hydrogen-bond acceptors (Lipinski definition) is 4. The molecule has 3 N–H and O–H groups in total. The molecule has 1 heterocycles. The Labute approximate surface area is 122 Å². The lowest BCUT2D eigenvalue weighted by Crippen LogP contribution is -2.55. The minimum absolute atomic E-state index is 0.122. The quantitative estimate of drug-likeness (QED) is 0.702. The number of amides is 1. The normalized spacial score (nSPS) is 25.5. The molecule has 0 spiro atoms. The van der Waals surface area contributed by atoms with E-state index < -0.39 is 16.7 Å². The fourth-order valence-corrected chi connectivity index (χ4v) is 3.02. The summed E-state index contributed by atoms with van der Waals surface area (Å²) in [5.74, 6) is 0.0487. The van der Waals surface area contributed by atoms with Crippen LogP contribution in [0.25, 0.3) is 0 Å². The molecule has 2 unspecified atom stereocenters. The van der Waals surface area contributed by atoms with E-state index in [0.717, 1.165) is 42.5 Å². The maximum absolute atomic E-state index is 12.1.